The maximum Gasteiger partial charge on any atom is 0.328 e. The number of hydrogen-bond acceptors (Lipinski definition) is 5. The number of fused-ring (bicyclic) bond motifs is 1. The second kappa shape index (κ2) is 13.4. The van der Waals surface area contributed by atoms with Gasteiger partial charge in [0.2, 0.25) is 5.91 Å². The molecule has 7 N–H and O–H groups in total. The first-order valence-corrected chi connectivity index (χ1v) is 13.7. The van der Waals surface area contributed by atoms with Gasteiger partial charge >= 0.3 is 5.97 Å². The van der Waals surface area contributed by atoms with E-state index in [4.69, 9.17) is 34.3 Å². The Hall–Kier alpha value is -4.28. The van der Waals surface area contributed by atoms with Crippen LogP contribution in [0.3, 0.4) is 0 Å². The Balaban J connectivity index is 1.35. The maximum atomic E-state index is 12.9. The summed E-state index contributed by atoms with van der Waals surface area (Å²) in [6, 6.07) is 16.8. The monoisotopic (exact) mass is 596 g/mol. The molecule has 0 fully saturated rings. The molecular formula is C29H30Cl2N6O4. The SMILES string of the molecule is N=C(N)Nc1ccc2c(c1)N(CCC(=O)NC[C@H](NC(=O)c1c(Cl)cc(-c3ccccc3)cc1Cl)C(=O)O)CCC2. The summed E-state index contributed by atoms with van der Waals surface area (Å²) >= 11 is 12.7. The number of nitrogens with two attached hydrogens (primary N) is 1. The van der Waals surface area contributed by atoms with Crippen LogP contribution in [0.1, 0.15) is 28.8 Å². The van der Waals surface area contributed by atoms with Crippen molar-refractivity contribution in [2.24, 2.45) is 5.73 Å². The number of hydrogen-bond donors (Lipinski definition) is 6. The van der Waals surface area contributed by atoms with Crippen LogP contribution in [-0.2, 0) is 16.0 Å². The van der Waals surface area contributed by atoms with E-state index in [0.29, 0.717) is 17.8 Å². The van der Waals surface area contributed by atoms with Crippen molar-refractivity contribution >= 4 is 58.3 Å². The minimum atomic E-state index is -1.40. The molecule has 0 bridgehead atoms. The van der Waals surface area contributed by atoms with Crippen LogP contribution >= 0.6 is 23.2 Å². The molecule has 1 heterocycles. The van der Waals surface area contributed by atoms with E-state index in [2.05, 4.69) is 20.9 Å². The van der Waals surface area contributed by atoms with Gasteiger partial charge in [0, 0.05) is 37.4 Å². The van der Waals surface area contributed by atoms with Gasteiger partial charge in [-0.05, 0) is 53.8 Å². The lowest BCUT2D eigenvalue weighted by molar-refractivity contribution is -0.139. The number of carboxylic acids is 1. The molecule has 0 aliphatic carbocycles. The van der Waals surface area contributed by atoms with Crippen LogP contribution in [0, 0.1) is 5.41 Å². The Morgan fingerprint density at radius 1 is 1.02 bits per heavy atom. The third-order valence-corrected chi connectivity index (χ3v) is 7.27. The number of amides is 2. The molecule has 4 rings (SSSR count). The third-order valence-electron chi connectivity index (χ3n) is 6.67. The molecule has 2 amide bonds. The summed E-state index contributed by atoms with van der Waals surface area (Å²) in [5, 5.41) is 25.0. The molecule has 3 aromatic rings. The highest BCUT2D eigenvalue weighted by Crippen LogP contribution is 2.32. The summed E-state index contributed by atoms with van der Waals surface area (Å²) in [5.41, 5.74) is 9.73. The average molecular weight is 598 g/mol. The van der Waals surface area contributed by atoms with Gasteiger partial charge in [0.1, 0.15) is 6.04 Å². The zero-order chi connectivity index (χ0) is 29.5. The van der Waals surface area contributed by atoms with Gasteiger partial charge in [0.25, 0.3) is 5.91 Å². The maximum absolute atomic E-state index is 12.9. The van der Waals surface area contributed by atoms with Crippen LogP contribution in [0.15, 0.2) is 60.7 Å². The smallest absolute Gasteiger partial charge is 0.328 e. The zero-order valence-corrected chi connectivity index (χ0v) is 23.6. The Morgan fingerprint density at radius 3 is 2.39 bits per heavy atom. The molecule has 10 nitrogen and oxygen atoms in total. The van der Waals surface area contributed by atoms with E-state index >= 15 is 0 Å². The van der Waals surface area contributed by atoms with Crippen molar-refractivity contribution < 1.29 is 19.5 Å². The van der Waals surface area contributed by atoms with Gasteiger partial charge in [-0.15, -0.1) is 0 Å². The number of nitrogens with one attached hydrogen (secondary N) is 4. The van der Waals surface area contributed by atoms with Crippen molar-refractivity contribution in [3.05, 3.63) is 81.8 Å². The number of rotatable bonds is 10. The second-order valence-corrected chi connectivity index (χ2v) is 10.4. The average Bonchev–Trinajstić information content (AvgIpc) is 2.93. The summed E-state index contributed by atoms with van der Waals surface area (Å²) < 4.78 is 0. The highest BCUT2D eigenvalue weighted by molar-refractivity contribution is 6.40. The Bertz CT molecular complexity index is 1440. The molecule has 0 unspecified atom stereocenters. The molecule has 1 atom stereocenters. The molecule has 1 aliphatic heterocycles. The number of anilines is 2. The summed E-state index contributed by atoms with van der Waals surface area (Å²) in [6.07, 6.45) is 1.95. The third kappa shape index (κ3) is 7.68. The number of nitrogens with zero attached hydrogens (tertiary/aromatic N) is 1. The van der Waals surface area contributed by atoms with E-state index in [0.717, 1.165) is 36.2 Å². The Kier molecular flexibility index (Phi) is 9.69. The zero-order valence-electron chi connectivity index (χ0n) is 22.0. The van der Waals surface area contributed by atoms with Crippen molar-refractivity contribution in [3.8, 4) is 11.1 Å². The highest BCUT2D eigenvalue weighted by Gasteiger charge is 2.25. The first-order chi connectivity index (χ1) is 19.6. The standard InChI is InChI=1S/C29H30Cl2N6O4/c30-21-13-19(17-5-2-1-3-6-17)14-22(31)26(21)27(39)36-23(28(40)41)16-34-25(38)10-12-37-11-4-7-18-8-9-20(15-24(18)37)35-29(32)33/h1-3,5-6,8-9,13-15,23H,4,7,10-12,16H2,(H,34,38)(H,36,39)(H,40,41)(H4,32,33,35)/t23-/m0/s1. The van der Waals surface area contributed by atoms with E-state index in [9.17, 15) is 19.5 Å². The lowest BCUT2D eigenvalue weighted by Gasteiger charge is -2.31. The number of halogens is 2. The number of aryl methyl sites for hydroxylation is 1. The molecule has 0 saturated carbocycles. The normalized spacial score (nSPS) is 13.1. The second-order valence-electron chi connectivity index (χ2n) is 9.57. The molecule has 1 aliphatic rings. The number of guanidine groups is 1. The summed E-state index contributed by atoms with van der Waals surface area (Å²) in [7, 11) is 0. The van der Waals surface area contributed by atoms with Gasteiger partial charge in [0.15, 0.2) is 5.96 Å². The number of carboxylic acid groups (broad SMARTS) is 1. The first-order valence-electron chi connectivity index (χ1n) is 13.0. The van der Waals surface area contributed by atoms with Crippen LogP contribution in [-0.4, -0.2) is 54.5 Å². The van der Waals surface area contributed by atoms with E-state index in [1.54, 1.807) is 12.1 Å². The van der Waals surface area contributed by atoms with Gasteiger partial charge in [0.05, 0.1) is 15.6 Å². The molecule has 41 heavy (non-hydrogen) atoms. The molecule has 12 heteroatoms. The minimum absolute atomic E-state index is 0.0482. The van der Waals surface area contributed by atoms with Gasteiger partial charge < -0.3 is 31.7 Å². The Morgan fingerprint density at radius 2 is 1.73 bits per heavy atom. The molecule has 0 radical (unpaired) electrons. The van der Waals surface area contributed by atoms with E-state index in [1.165, 1.54) is 0 Å². The van der Waals surface area contributed by atoms with Crippen molar-refractivity contribution in [1.82, 2.24) is 10.6 Å². The summed E-state index contributed by atoms with van der Waals surface area (Å²) in [5.74, 6) is -2.61. The van der Waals surface area contributed by atoms with E-state index in [1.807, 2.05) is 48.5 Å². The van der Waals surface area contributed by atoms with Crippen molar-refractivity contribution in [2.45, 2.75) is 25.3 Å². The lowest BCUT2D eigenvalue weighted by Crippen LogP contribution is -2.48. The quantitative estimate of drug-likeness (QED) is 0.152. The van der Waals surface area contributed by atoms with Gasteiger partial charge in [-0.2, -0.15) is 0 Å². The van der Waals surface area contributed by atoms with Crippen LogP contribution in [0.25, 0.3) is 11.1 Å². The van der Waals surface area contributed by atoms with Gasteiger partial charge in [-0.25, -0.2) is 4.79 Å². The topological polar surface area (TPSA) is 161 Å². The van der Waals surface area contributed by atoms with E-state index < -0.39 is 17.9 Å². The molecule has 0 saturated heterocycles. The van der Waals surface area contributed by atoms with Gasteiger partial charge in [-0.3, -0.25) is 15.0 Å². The number of carbonyl (C=O) groups is 3. The molecule has 3 aromatic carbocycles. The van der Waals surface area contributed by atoms with Crippen molar-refractivity contribution in [3.63, 3.8) is 0 Å². The largest absolute Gasteiger partial charge is 0.480 e. The minimum Gasteiger partial charge on any atom is -0.480 e. The molecule has 0 aromatic heterocycles. The number of benzene rings is 3. The summed E-state index contributed by atoms with van der Waals surface area (Å²) in [4.78, 5) is 39.5. The first kappa shape index (κ1) is 29.7. The lowest BCUT2D eigenvalue weighted by atomic mass is 10.0. The number of carbonyl (C=O) groups excluding carboxylic acids is 2. The van der Waals surface area contributed by atoms with Crippen LogP contribution in [0.5, 0.6) is 0 Å². The van der Waals surface area contributed by atoms with Gasteiger partial charge in [-0.1, -0.05) is 59.6 Å². The van der Waals surface area contributed by atoms with Crippen LogP contribution in [0.4, 0.5) is 11.4 Å². The van der Waals surface area contributed by atoms with Crippen molar-refractivity contribution in [1.29, 1.82) is 5.41 Å². The molecular weight excluding hydrogens is 567 g/mol. The fraction of sp³-hybridized carbons (Fsp3) is 0.241. The molecule has 0 spiro atoms. The predicted molar refractivity (Wildman–Crippen MR) is 161 cm³/mol. The fourth-order valence-corrected chi connectivity index (χ4v) is 5.33. The predicted octanol–water partition coefficient (Wildman–Crippen LogP) is 4.11. The van der Waals surface area contributed by atoms with E-state index in [-0.39, 0.29) is 40.4 Å². The fourth-order valence-electron chi connectivity index (χ4n) is 4.67. The van der Waals surface area contributed by atoms with Crippen LogP contribution < -0.4 is 26.6 Å². The van der Waals surface area contributed by atoms with Crippen molar-refractivity contribution in [2.75, 3.05) is 29.9 Å². The molecule has 214 valence electrons. The Labute approximate surface area is 247 Å². The summed E-state index contributed by atoms with van der Waals surface area (Å²) in [6.45, 7) is 0.841. The highest BCUT2D eigenvalue weighted by atomic mass is 35.5. The number of aliphatic carboxylic acids is 1. The van der Waals surface area contributed by atoms with Crippen LogP contribution in [0.2, 0.25) is 10.0 Å².